The molecule has 0 unspecified atom stereocenters. The Hall–Kier alpha value is -1.75. The largest absolute Gasteiger partial charge is 0.474 e. The van der Waals surface area contributed by atoms with E-state index in [0.717, 1.165) is 25.7 Å². The van der Waals surface area contributed by atoms with Gasteiger partial charge in [-0.15, -0.1) is 6.58 Å². The predicted molar refractivity (Wildman–Crippen MR) is 82.7 cm³/mol. The van der Waals surface area contributed by atoms with Crippen molar-refractivity contribution in [1.82, 2.24) is 15.6 Å². The standard InChI is InChI=1S/C15H20ClN3O2/c1-2-9-17-15(20)19-12-4-6-13(7-5-12)21-14-8-3-11(16)10-18-14/h2-3,8,10,12-13H,1,4-7,9H2,(H2,17,19,20). The first-order valence-corrected chi connectivity index (χ1v) is 7.48. The lowest BCUT2D eigenvalue weighted by atomic mass is 9.93. The zero-order valence-electron chi connectivity index (χ0n) is 11.8. The van der Waals surface area contributed by atoms with Crippen LogP contribution in [0.25, 0.3) is 0 Å². The van der Waals surface area contributed by atoms with E-state index < -0.39 is 0 Å². The number of nitrogens with zero attached hydrogens (tertiary/aromatic N) is 1. The molecule has 2 amide bonds. The molecule has 0 aromatic carbocycles. The molecule has 2 rings (SSSR count). The average Bonchev–Trinajstić information content (AvgIpc) is 2.49. The van der Waals surface area contributed by atoms with Crippen molar-refractivity contribution in [1.29, 1.82) is 0 Å². The SMILES string of the molecule is C=CCNC(=O)NC1CCC(Oc2ccc(Cl)cn2)CC1. The summed E-state index contributed by atoms with van der Waals surface area (Å²) in [6.45, 7) is 4.04. The maximum Gasteiger partial charge on any atom is 0.315 e. The quantitative estimate of drug-likeness (QED) is 0.822. The second kappa shape index (κ2) is 7.88. The van der Waals surface area contributed by atoms with Gasteiger partial charge in [-0.2, -0.15) is 0 Å². The number of aromatic nitrogens is 1. The minimum absolute atomic E-state index is 0.140. The first kappa shape index (κ1) is 15.6. The molecule has 1 heterocycles. The maximum absolute atomic E-state index is 11.6. The van der Waals surface area contributed by atoms with E-state index in [1.54, 1.807) is 24.4 Å². The number of nitrogens with one attached hydrogen (secondary N) is 2. The number of hydrogen-bond acceptors (Lipinski definition) is 3. The third-order valence-electron chi connectivity index (χ3n) is 3.40. The van der Waals surface area contributed by atoms with E-state index in [9.17, 15) is 4.79 Å². The molecule has 0 aliphatic heterocycles. The Morgan fingerprint density at radius 3 is 2.81 bits per heavy atom. The number of ether oxygens (including phenoxy) is 1. The van der Waals surface area contributed by atoms with Gasteiger partial charge in [0, 0.05) is 24.8 Å². The van der Waals surface area contributed by atoms with Gasteiger partial charge in [0.05, 0.1) is 5.02 Å². The van der Waals surface area contributed by atoms with Crippen molar-refractivity contribution in [2.45, 2.75) is 37.8 Å². The fourth-order valence-electron chi connectivity index (χ4n) is 2.33. The lowest BCUT2D eigenvalue weighted by Gasteiger charge is -2.29. The van der Waals surface area contributed by atoms with Gasteiger partial charge in [-0.1, -0.05) is 17.7 Å². The summed E-state index contributed by atoms with van der Waals surface area (Å²) in [4.78, 5) is 15.7. The highest BCUT2D eigenvalue weighted by Crippen LogP contribution is 2.23. The summed E-state index contributed by atoms with van der Waals surface area (Å²) < 4.78 is 5.82. The lowest BCUT2D eigenvalue weighted by Crippen LogP contribution is -2.44. The van der Waals surface area contributed by atoms with Crippen LogP contribution in [0.5, 0.6) is 5.88 Å². The smallest absolute Gasteiger partial charge is 0.315 e. The molecule has 0 atom stereocenters. The van der Waals surface area contributed by atoms with Gasteiger partial charge >= 0.3 is 6.03 Å². The monoisotopic (exact) mass is 309 g/mol. The first-order valence-electron chi connectivity index (χ1n) is 7.11. The van der Waals surface area contributed by atoms with Crippen molar-refractivity contribution in [3.05, 3.63) is 36.0 Å². The molecule has 0 radical (unpaired) electrons. The first-order chi connectivity index (χ1) is 10.2. The van der Waals surface area contributed by atoms with Crippen LogP contribution in [0.4, 0.5) is 4.79 Å². The molecule has 1 aliphatic rings. The molecule has 0 saturated heterocycles. The topological polar surface area (TPSA) is 63.2 Å². The zero-order chi connectivity index (χ0) is 15.1. The number of amides is 2. The Balaban J connectivity index is 1.71. The molecule has 1 aromatic rings. The van der Waals surface area contributed by atoms with Gasteiger partial charge in [-0.25, -0.2) is 9.78 Å². The average molecular weight is 310 g/mol. The molecule has 0 spiro atoms. The molecular weight excluding hydrogens is 290 g/mol. The molecule has 0 bridgehead atoms. The van der Waals surface area contributed by atoms with Crippen LogP contribution in [0.1, 0.15) is 25.7 Å². The molecule has 114 valence electrons. The highest BCUT2D eigenvalue weighted by molar-refractivity contribution is 6.30. The zero-order valence-corrected chi connectivity index (χ0v) is 12.6. The summed E-state index contributed by atoms with van der Waals surface area (Å²) in [5.41, 5.74) is 0. The molecule has 1 aromatic heterocycles. The Labute approximate surface area is 129 Å². The van der Waals surface area contributed by atoms with Gasteiger partial charge in [-0.05, 0) is 31.7 Å². The molecule has 2 N–H and O–H groups in total. The number of pyridine rings is 1. The second-order valence-electron chi connectivity index (χ2n) is 5.05. The summed E-state index contributed by atoms with van der Waals surface area (Å²) in [6, 6.07) is 3.60. The minimum atomic E-state index is -0.140. The van der Waals surface area contributed by atoms with E-state index in [-0.39, 0.29) is 18.2 Å². The van der Waals surface area contributed by atoms with Crippen molar-refractivity contribution in [3.8, 4) is 5.88 Å². The maximum atomic E-state index is 11.6. The highest BCUT2D eigenvalue weighted by Gasteiger charge is 2.23. The number of carbonyl (C=O) groups excluding carboxylic acids is 1. The predicted octanol–water partition coefficient (Wildman–Crippen LogP) is 2.91. The van der Waals surface area contributed by atoms with E-state index >= 15 is 0 Å². The van der Waals surface area contributed by atoms with Gasteiger partial charge in [0.15, 0.2) is 0 Å². The van der Waals surface area contributed by atoms with Crippen LogP contribution in [0.15, 0.2) is 31.0 Å². The molecule has 1 fully saturated rings. The van der Waals surface area contributed by atoms with Gasteiger partial charge in [-0.3, -0.25) is 0 Å². The Morgan fingerprint density at radius 1 is 1.43 bits per heavy atom. The van der Waals surface area contributed by atoms with Crippen molar-refractivity contribution in [3.63, 3.8) is 0 Å². The van der Waals surface area contributed by atoms with Crippen LogP contribution >= 0.6 is 11.6 Å². The summed E-state index contributed by atoms with van der Waals surface area (Å²) in [7, 11) is 0. The molecule has 6 heteroatoms. The van der Waals surface area contributed by atoms with E-state index in [2.05, 4.69) is 22.2 Å². The number of halogens is 1. The second-order valence-corrected chi connectivity index (χ2v) is 5.49. The van der Waals surface area contributed by atoms with Crippen molar-refractivity contribution in [2.75, 3.05) is 6.54 Å². The van der Waals surface area contributed by atoms with Crippen LogP contribution < -0.4 is 15.4 Å². The van der Waals surface area contributed by atoms with Gasteiger partial charge in [0.2, 0.25) is 5.88 Å². The van der Waals surface area contributed by atoms with Gasteiger partial charge < -0.3 is 15.4 Å². The molecule has 1 saturated carbocycles. The van der Waals surface area contributed by atoms with E-state index in [1.807, 2.05) is 0 Å². The van der Waals surface area contributed by atoms with Crippen molar-refractivity contribution < 1.29 is 9.53 Å². The van der Waals surface area contributed by atoms with Crippen molar-refractivity contribution in [2.24, 2.45) is 0 Å². The number of rotatable bonds is 5. The van der Waals surface area contributed by atoms with Crippen LogP contribution in [0.2, 0.25) is 5.02 Å². The Morgan fingerprint density at radius 2 is 2.19 bits per heavy atom. The number of hydrogen-bond donors (Lipinski definition) is 2. The molecule has 5 nitrogen and oxygen atoms in total. The van der Waals surface area contributed by atoms with Crippen molar-refractivity contribution >= 4 is 17.6 Å². The Kier molecular flexibility index (Phi) is 5.87. The third-order valence-corrected chi connectivity index (χ3v) is 3.63. The molecule has 1 aliphatic carbocycles. The summed E-state index contributed by atoms with van der Waals surface area (Å²) >= 11 is 5.79. The van der Waals surface area contributed by atoms with E-state index in [4.69, 9.17) is 16.3 Å². The molecular formula is C15H20ClN3O2. The lowest BCUT2D eigenvalue weighted by molar-refractivity contribution is 0.135. The summed E-state index contributed by atoms with van der Waals surface area (Å²) in [5.74, 6) is 0.597. The number of urea groups is 1. The van der Waals surface area contributed by atoms with Crippen LogP contribution in [0, 0.1) is 0 Å². The summed E-state index contributed by atoms with van der Waals surface area (Å²) in [5, 5.41) is 6.27. The van der Waals surface area contributed by atoms with Crippen LogP contribution in [-0.4, -0.2) is 29.7 Å². The van der Waals surface area contributed by atoms with Gasteiger partial charge in [0.25, 0.3) is 0 Å². The number of carbonyl (C=O) groups is 1. The van der Waals surface area contributed by atoms with Crippen LogP contribution in [-0.2, 0) is 0 Å². The Bertz CT molecular complexity index is 470. The third kappa shape index (κ3) is 5.27. The molecule has 21 heavy (non-hydrogen) atoms. The van der Waals surface area contributed by atoms with E-state index in [0.29, 0.717) is 17.4 Å². The summed E-state index contributed by atoms with van der Waals surface area (Å²) in [6.07, 6.45) is 6.98. The van der Waals surface area contributed by atoms with Crippen LogP contribution in [0.3, 0.4) is 0 Å². The van der Waals surface area contributed by atoms with E-state index in [1.165, 1.54) is 0 Å². The fraction of sp³-hybridized carbons (Fsp3) is 0.467. The minimum Gasteiger partial charge on any atom is -0.474 e. The highest BCUT2D eigenvalue weighted by atomic mass is 35.5. The van der Waals surface area contributed by atoms with Gasteiger partial charge in [0.1, 0.15) is 6.10 Å². The fourth-order valence-corrected chi connectivity index (χ4v) is 2.44. The normalized spacial score (nSPS) is 21.4.